The molecule has 0 saturated heterocycles. The summed E-state index contributed by atoms with van der Waals surface area (Å²) in [6, 6.07) is 1.27. The summed E-state index contributed by atoms with van der Waals surface area (Å²) in [5.74, 6) is -1.34. The summed E-state index contributed by atoms with van der Waals surface area (Å²) in [4.78, 5) is 24.2. The number of nitrogens with zero attached hydrogens (tertiary/aromatic N) is 4. The van der Waals surface area contributed by atoms with Gasteiger partial charge in [0.15, 0.2) is 0 Å². The van der Waals surface area contributed by atoms with Gasteiger partial charge in [0.05, 0.1) is 23.1 Å². The highest BCUT2D eigenvalue weighted by molar-refractivity contribution is 7.11. The highest BCUT2D eigenvalue weighted by atomic mass is 32.1. The van der Waals surface area contributed by atoms with E-state index in [2.05, 4.69) is 10.1 Å². The number of rotatable bonds is 4. The average molecular weight is 254 g/mol. The summed E-state index contributed by atoms with van der Waals surface area (Å²) in [6.07, 6.45) is 1.44. The molecule has 0 aliphatic carbocycles. The minimum atomic E-state index is -1.09. The molecule has 0 unspecified atom stereocenters. The average Bonchev–Trinajstić information content (AvgIpc) is 2.87. The SMILES string of the molecule is O=C(O)c1nc(Cn2ccc([N+](=O)[O-])n2)cs1. The molecule has 0 spiro atoms. The molecular formula is C8H6N4O4S. The first kappa shape index (κ1) is 11.2. The summed E-state index contributed by atoms with van der Waals surface area (Å²) < 4.78 is 1.33. The Morgan fingerprint density at radius 1 is 1.65 bits per heavy atom. The van der Waals surface area contributed by atoms with E-state index in [1.54, 1.807) is 5.38 Å². The molecule has 0 saturated carbocycles. The molecule has 0 radical (unpaired) electrons. The van der Waals surface area contributed by atoms with Crippen molar-refractivity contribution in [3.8, 4) is 0 Å². The van der Waals surface area contributed by atoms with Gasteiger partial charge in [0.25, 0.3) is 0 Å². The smallest absolute Gasteiger partial charge is 0.389 e. The lowest BCUT2D eigenvalue weighted by Gasteiger charge is -1.91. The van der Waals surface area contributed by atoms with Crippen LogP contribution in [0, 0.1) is 10.1 Å². The molecule has 0 aliphatic rings. The predicted molar refractivity (Wildman–Crippen MR) is 57.1 cm³/mol. The Bertz CT molecular complexity index is 525. The molecule has 17 heavy (non-hydrogen) atoms. The lowest BCUT2D eigenvalue weighted by molar-refractivity contribution is -0.389. The number of thiazole rings is 1. The van der Waals surface area contributed by atoms with E-state index in [1.165, 1.54) is 16.9 Å². The summed E-state index contributed by atoms with van der Waals surface area (Å²) in [6.45, 7) is 0.206. The molecule has 1 N–H and O–H groups in total. The van der Waals surface area contributed by atoms with Crippen LogP contribution in [0.25, 0.3) is 0 Å². The zero-order chi connectivity index (χ0) is 12.4. The Labute approximate surface area is 98.3 Å². The van der Waals surface area contributed by atoms with Crippen molar-refractivity contribution in [3.63, 3.8) is 0 Å². The first-order valence-corrected chi connectivity index (χ1v) is 5.30. The molecule has 0 bridgehead atoms. The van der Waals surface area contributed by atoms with Crippen LogP contribution >= 0.6 is 11.3 Å². The largest absolute Gasteiger partial charge is 0.476 e. The Hall–Kier alpha value is -2.29. The van der Waals surface area contributed by atoms with Crippen LogP contribution in [0.1, 0.15) is 15.5 Å². The van der Waals surface area contributed by atoms with Gasteiger partial charge in [0.2, 0.25) is 5.01 Å². The third kappa shape index (κ3) is 2.45. The molecule has 2 aromatic heterocycles. The van der Waals surface area contributed by atoms with Crippen molar-refractivity contribution in [2.45, 2.75) is 6.54 Å². The second kappa shape index (κ2) is 4.29. The van der Waals surface area contributed by atoms with Gasteiger partial charge in [-0.2, -0.15) is 4.68 Å². The van der Waals surface area contributed by atoms with Crippen LogP contribution in [0.3, 0.4) is 0 Å². The van der Waals surface area contributed by atoms with Crippen molar-refractivity contribution in [3.05, 3.63) is 38.5 Å². The number of carboxylic acids is 1. The van der Waals surface area contributed by atoms with Crippen LogP contribution in [0.4, 0.5) is 5.82 Å². The second-order valence-electron chi connectivity index (χ2n) is 3.08. The van der Waals surface area contributed by atoms with Crippen molar-refractivity contribution < 1.29 is 14.8 Å². The maximum atomic E-state index is 10.6. The van der Waals surface area contributed by atoms with Gasteiger partial charge in [0, 0.05) is 5.38 Å². The zero-order valence-corrected chi connectivity index (χ0v) is 9.12. The first-order chi connectivity index (χ1) is 8.06. The minimum absolute atomic E-state index is 0.0124. The topological polar surface area (TPSA) is 111 Å². The fourth-order valence-electron chi connectivity index (χ4n) is 1.18. The molecule has 0 aliphatic heterocycles. The Balaban J connectivity index is 2.13. The van der Waals surface area contributed by atoms with Crippen molar-refractivity contribution >= 4 is 23.1 Å². The number of aromatic carboxylic acids is 1. The Morgan fingerprint density at radius 2 is 2.41 bits per heavy atom. The summed E-state index contributed by atoms with van der Waals surface area (Å²) in [5.41, 5.74) is 0.505. The Morgan fingerprint density at radius 3 is 2.94 bits per heavy atom. The molecule has 2 heterocycles. The van der Waals surface area contributed by atoms with E-state index in [1.807, 2.05) is 0 Å². The highest BCUT2D eigenvalue weighted by Gasteiger charge is 2.13. The maximum Gasteiger partial charge on any atom is 0.389 e. The molecule has 88 valence electrons. The van der Waals surface area contributed by atoms with E-state index in [-0.39, 0.29) is 17.4 Å². The van der Waals surface area contributed by atoms with Crippen molar-refractivity contribution in [1.82, 2.24) is 14.8 Å². The van der Waals surface area contributed by atoms with Crippen LogP contribution in [0.15, 0.2) is 17.6 Å². The lowest BCUT2D eigenvalue weighted by atomic mass is 10.5. The number of carbonyl (C=O) groups is 1. The second-order valence-corrected chi connectivity index (χ2v) is 3.94. The van der Waals surface area contributed by atoms with Crippen LogP contribution in [-0.4, -0.2) is 30.8 Å². The van der Waals surface area contributed by atoms with Crippen molar-refractivity contribution in [2.75, 3.05) is 0 Å². The highest BCUT2D eigenvalue weighted by Crippen LogP contribution is 2.12. The van der Waals surface area contributed by atoms with Gasteiger partial charge in [-0.3, -0.25) is 0 Å². The molecular weight excluding hydrogens is 248 g/mol. The molecule has 0 atom stereocenters. The number of hydrogen-bond donors (Lipinski definition) is 1. The first-order valence-electron chi connectivity index (χ1n) is 4.42. The molecule has 9 heteroatoms. The van der Waals surface area contributed by atoms with E-state index in [0.29, 0.717) is 5.69 Å². The predicted octanol–water partition coefficient (Wildman–Crippen LogP) is 0.994. The number of aromatic nitrogens is 3. The number of hydrogen-bond acceptors (Lipinski definition) is 6. The molecule has 0 fully saturated rings. The van der Waals surface area contributed by atoms with E-state index in [0.717, 1.165) is 11.3 Å². The van der Waals surface area contributed by atoms with Crippen LogP contribution in [0.2, 0.25) is 0 Å². The zero-order valence-electron chi connectivity index (χ0n) is 8.31. The van der Waals surface area contributed by atoms with Crippen LogP contribution in [0.5, 0.6) is 0 Å². The van der Waals surface area contributed by atoms with Crippen molar-refractivity contribution in [1.29, 1.82) is 0 Å². The third-order valence-electron chi connectivity index (χ3n) is 1.87. The molecule has 0 aromatic carbocycles. The fraction of sp³-hybridized carbons (Fsp3) is 0.125. The maximum absolute atomic E-state index is 10.6. The van der Waals surface area contributed by atoms with Crippen molar-refractivity contribution in [2.24, 2.45) is 0 Å². The van der Waals surface area contributed by atoms with E-state index in [9.17, 15) is 14.9 Å². The van der Waals surface area contributed by atoms with Gasteiger partial charge in [-0.05, 0) is 4.92 Å². The molecule has 0 amide bonds. The van der Waals surface area contributed by atoms with Crippen LogP contribution in [-0.2, 0) is 6.54 Å². The fourth-order valence-corrected chi connectivity index (χ4v) is 1.83. The Kier molecular flexibility index (Phi) is 2.83. The lowest BCUT2D eigenvalue weighted by Crippen LogP contribution is -2.03. The van der Waals surface area contributed by atoms with Gasteiger partial charge in [0.1, 0.15) is 6.54 Å². The van der Waals surface area contributed by atoms with Gasteiger partial charge >= 0.3 is 11.8 Å². The van der Waals surface area contributed by atoms with E-state index in [4.69, 9.17) is 5.11 Å². The van der Waals surface area contributed by atoms with E-state index >= 15 is 0 Å². The molecule has 2 rings (SSSR count). The van der Waals surface area contributed by atoms with Gasteiger partial charge in [-0.15, -0.1) is 11.3 Å². The number of nitro groups is 1. The summed E-state index contributed by atoms with van der Waals surface area (Å²) in [5, 5.41) is 24.3. The third-order valence-corrected chi connectivity index (χ3v) is 2.75. The minimum Gasteiger partial charge on any atom is -0.476 e. The quantitative estimate of drug-likeness (QED) is 0.643. The van der Waals surface area contributed by atoms with Gasteiger partial charge in [-0.25, -0.2) is 9.78 Å². The molecule has 8 nitrogen and oxygen atoms in total. The standard InChI is InChI=1S/C8H6N4O4S/c13-8(14)7-9-5(4-17-7)3-11-2-1-6(10-11)12(15)16/h1-2,4H,3H2,(H,13,14). The van der Waals surface area contributed by atoms with Gasteiger partial charge < -0.3 is 15.2 Å². The van der Waals surface area contributed by atoms with Gasteiger partial charge in [-0.1, -0.05) is 0 Å². The van der Waals surface area contributed by atoms with Crippen LogP contribution < -0.4 is 0 Å². The van der Waals surface area contributed by atoms with E-state index < -0.39 is 10.9 Å². The normalized spacial score (nSPS) is 10.4. The monoisotopic (exact) mass is 254 g/mol. The summed E-state index contributed by atoms with van der Waals surface area (Å²) in [7, 11) is 0. The molecule has 2 aromatic rings. The summed E-state index contributed by atoms with van der Waals surface area (Å²) >= 11 is 1.00. The number of carboxylic acid groups (broad SMARTS) is 1.